The SMILES string of the molecule is NC(=NS(=O)(=O)c1ccccc1C(F)(F)F)NS(=O)(=O)c1ccccc1C(F)(F)F. The fourth-order valence-corrected chi connectivity index (χ4v) is 4.59. The van der Waals surface area contributed by atoms with E-state index in [1.807, 2.05) is 0 Å². The summed E-state index contributed by atoms with van der Waals surface area (Å²) in [7, 11) is -10.3. The van der Waals surface area contributed by atoms with Gasteiger partial charge >= 0.3 is 12.4 Å². The van der Waals surface area contributed by atoms with Gasteiger partial charge in [0.15, 0.2) is 0 Å². The Kier molecular flexibility index (Phi) is 6.09. The number of guanidine groups is 1. The van der Waals surface area contributed by atoms with Crippen molar-refractivity contribution in [3.8, 4) is 0 Å². The summed E-state index contributed by atoms with van der Waals surface area (Å²) >= 11 is 0. The molecule has 0 unspecified atom stereocenters. The molecule has 0 heterocycles. The number of hydrogen-bond acceptors (Lipinski definition) is 4. The molecule has 0 aliphatic heterocycles. The average molecular weight is 475 g/mol. The summed E-state index contributed by atoms with van der Waals surface area (Å²) in [5.41, 5.74) is 1.99. The highest BCUT2D eigenvalue weighted by Crippen LogP contribution is 2.35. The highest BCUT2D eigenvalue weighted by atomic mass is 32.2. The van der Waals surface area contributed by atoms with Gasteiger partial charge in [-0.2, -0.15) is 34.8 Å². The number of nitrogens with zero attached hydrogens (tertiary/aromatic N) is 1. The molecule has 0 aliphatic rings. The van der Waals surface area contributed by atoms with Gasteiger partial charge in [-0.1, -0.05) is 24.3 Å². The van der Waals surface area contributed by atoms with Crippen molar-refractivity contribution in [1.29, 1.82) is 0 Å². The molecule has 2 aromatic rings. The number of nitrogens with two attached hydrogens (primary N) is 1. The van der Waals surface area contributed by atoms with Crippen molar-refractivity contribution in [3.05, 3.63) is 59.7 Å². The topological polar surface area (TPSA) is 119 Å². The molecule has 2 rings (SSSR count). The number of nitrogens with one attached hydrogen (secondary N) is 1. The van der Waals surface area contributed by atoms with E-state index in [1.165, 1.54) is 4.72 Å². The van der Waals surface area contributed by atoms with Gasteiger partial charge < -0.3 is 5.73 Å². The van der Waals surface area contributed by atoms with Crippen LogP contribution in [-0.2, 0) is 32.4 Å². The lowest BCUT2D eigenvalue weighted by Gasteiger charge is -2.14. The molecule has 0 saturated heterocycles. The van der Waals surface area contributed by atoms with Crippen molar-refractivity contribution >= 4 is 26.0 Å². The third-order valence-corrected chi connectivity index (χ3v) is 6.17. The van der Waals surface area contributed by atoms with Crippen molar-refractivity contribution in [2.75, 3.05) is 0 Å². The van der Waals surface area contributed by atoms with Gasteiger partial charge in [0.25, 0.3) is 20.0 Å². The molecule has 0 spiro atoms. The number of sulfonamides is 2. The third-order valence-electron chi connectivity index (χ3n) is 3.41. The molecule has 0 fully saturated rings. The largest absolute Gasteiger partial charge is 0.417 e. The molecule has 2 aromatic carbocycles. The summed E-state index contributed by atoms with van der Waals surface area (Å²) in [5.74, 6) is -1.45. The maximum absolute atomic E-state index is 13.0. The zero-order chi connectivity index (χ0) is 23.0. The molecule has 0 aromatic heterocycles. The van der Waals surface area contributed by atoms with Crippen LogP contribution in [0.4, 0.5) is 26.3 Å². The van der Waals surface area contributed by atoms with Crippen molar-refractivity contribution in [2.24, 2.45) is 10.1 Å². The molecule has 164 valence electrons. The van der Waals surface area contributed by atoms with Crippen LogP contribution in [0.3, 0.4) is 0 Å². The van der Waals surface area contributed by atoms with Crippen molar-refractivity contribution in [1.82, 2.24) is 4.72 Å². The molecule has 0 saturated carbocycles. The number of benzene rings is 2. The zero-order valence-electron chi connectivity index (χ0n) is 14.4. The quantitative estimate of drug-likeness (QED) is 0.401. The Morgan fingerprint density at radius 3 is 1.63 bits per heavy atom. The minimum absolute atomic E-state index is 0.447. The molecule has 0 radical (unpaired) electrons. The summed E-state index contributed by atoms with van der Waals surface area (Å²) in [4.78, 5) is -2.61. The summed E-state index contributed by atoms with van der Waals surface area (Å²) in [5, 5.41) is 0. The average Bonchev–Trinajstić information content (AvgIpc) is 2.59. The lowest BCUT2D eigenvalue weighted by molar-refractivity contribution is -0.140. The smallest absolute Gasteiger partial charge is 0.368 e. The molecular weight excluding hydrogens is 464 g/mol. The van der Waals surface area contributed by atoms with Crippen LogP contribution in [0.5, 0.6) is 0 Å². The van der Waals surface area contributed by atoms with E-state index < -0.39 is 59.3 Å². The lowest BCUT2D eigenvalue weighted by atomic mass is 10.2. The Morgan fingerprint density at radius 1 is 0.767 bits per heavy atom. The van der Waals surface area contributed by atoms with E-state index in [2.05, 4.69) is 4.40 Å². The van der Waals surface area contributed by atoms with Crippen molar-refractivity contribution < 1.29 is 43.2 Å². The maximum Gasteiger partial charge on any atom is 0.417 e. The van der Waals surface area contributed by atoms with E-state index in [4.69, 9.17) is 5.73 Å². The monoisotopic (exact) mass is 475 g/mol. The van der Waals surface area contributed by atoms with Crippen LogP contribution in [0, 0.1) is 0 Å². The predicted molar refractivity (Wildman–Crippen MR) is 92.0 cm³/mol. The van der Waals surface area contributed by atoms with Crippen molar-refractivity contribution in [2.45, 2.75) is 22.1 Å². The van der Waals surface area contributed by atoms with Gasteiger partial charge in [0, 0.05) is 0 Å². The number of rotatable bonds is 4. The molecule has 0 atom stereocenters. The highest BCUT2D eigenvalue weighted by molar-refractivity contribution is 7.91. The maximum atomic E-state index is 13.0. The molecule has 0 bridgehead atoms. The standard InChI is InChI=1S/C15H11F6N3O4S2/c16-14(17,18)9-5-1-3-7-11(9)29(25,26)23-13(22)24-30(27,28)12-8-4-2-6-10(12)15(19,20)21/h1-8H,(H3,22,23,24). The normalized spacial score (nSPS) is 13.9. The zero-order valence-corrected chi connectivity index (χ0v) is 16.0. The lowest BCUT2D eigenvalue weighted by Crippen LogP contribution is -2.38. The Morgan fingerprint density at radius 2 is 1.17 bits per heavy atom. The summed E-state index contributed by atoms with van der Waals surface area (Å²) in [6, 6.07) is 5.78. The third kappa shape index (κ3) is 5.21. The fourth-order valence-electron chi connectivity index (χ4n) is 2.25. The Labute approximate surface area is 166 Å². The molecule has 7 nitrogen and oxygen atoms in total. The van der Waals surface area contributed by atoms with Crippen LogP contribution in [0.25, 0.3) is 0 Å². The van der Waals surface area contributed by atoms with Gasteiger partial charge in [-0.15, -0.1) is 4.40 Å². The Hall–Kier alpha value is -2.81. The highest BCUT2D eigenvalue weighted by Gasteiger charge is 2.38. The first-order valence-electron chi connectivity index (χ1n) is 7.51. The van der Waals surface area contributed by atoms with Gasteiger partial charge in [-0.05, 0) is 24.3 Å². The second-order valence-corrected chi connectivity index (χ2v) is 8.77. The molecule has 30 heavy (non-hydrogen) atoms. The first-order chi connectivity index (χ1) is 13.6. The second-order valence-electron chi connectivity index (χ2n) is 5.54. The van der Waals surface area contributed by atoms with Crippen LogP contribution in [0.2, 0.25) is 0 Å². The second kappa shape index (κ2) is 7.79. The van der Waals surface area contributed by atoms with Crippen LogP contribution >= 0.6 is 0 Å². The first-order valence-corrected chi connectivity index (χ1v) is 10.4. The van der Waals surface area contributed by atoms with Crippen LogP contribution in [0.15, 0.2) is 62.7 Å². The molecule has 0 amide bonds. The van der Waals surface area contributed by atoms with Crippen molar-refractivity contribution in [3.63, 3.8) is 0 Å². The van der Waals surface area contributed by atoms with Gasteiger partial charge in [0.2, 0.25) is 5.96 Å². The minimum atomic E-state index is -5.17. The molecule has 15 heteroatoms. The van der Waals surface area contributed by atoms with E-state index in [0.29, 0.717) is 24.3 Å². The summed E-state index contributed by atoms with van der Waals surface area (Å²) in [6.45, 7) is 0. The predicted octanol–water partition coefficient (Wildman–Crippen LogP) is 2.71. The van der Waals surface area contributed by atoms with E-state index >= 15 is 0 Å². The number of halogens is 6. The van der Waals surface area contributed by atoms with Gasteiger partial charge in [-0.3, -0.25) is 0 Å². The van der Waals surface area contributed by atoms with E-state index in [9.17, 15) is 43.2 Å². The fraction of sp³-hybridized carbons (Fsp3) is 0.133. The van der Waals surface area contributed by atoms with Crippen LogP contribution in [-0.4, -0.2) is 22.8 Å². The van der Waals surface area contributed by atoms with Gasteiger partial charge in [0.1, 0.15) is 4.90 Å². The molecular formula is C15H11F6N3O4S2. The Balaban J connectivity index is 2.47. The van der Waals surface area contributed by atoms with E-state index in [0.717, 1.165) is 24.3 Å². The summed E-state index contributed by atoms with van der Waals surface area (Å²) < 4.78 is 131. The molecule has 3 N–H and O–H groups in total. The van der Waals surface area contributed by atoms with E-state index in [-0.39, 0.29) is 0 Å². The van der Waals surface area contributed by atoms with Crippen LogP contribution < -0.4 is 10.5 Å². The van der Waals surface area contributed by atoms with Gasteiger partial charge in [0.05, 0.1) is 16.0 Å². The number of alkyl halides is 6. The first kappa shape index (κ1) is 23.5. The molecule has 0 aliphatic carbocycles. The van der Waals surface area contributed by atoms with Gasteiger partial charge in [-0.25, -0.2) is 13.1 Å². The Bertz CT molecular complexity index is 1190. The minimum Gasteiger partial charge on any atom is -0.368 e. The number of hydrogen-bond donors (Lipinski definition) is 2. The summed E-state index contributed by atoms with van der Waals surface area (Å²) in [6.07, 6.45) is -10.2. The van der Waals surface area contributed by atoms with Crippen LogP contribution in [0.1, 0.15) is 11.1 Å². The van der Waals surface area contributed by atoms with E-state index in [1.54, 1.807) is 0 Å².